The maximum absolute atomic E-state index is 12.4. The van der Waals surface area contributed by atoms with Gasteiger partial charge in [-0.2, -0.15) is 0 Å². The van der Waals surface area contributed by atoms with Gasteiger partial charge in [-0.15, -0.1) is 0 Å². The smallest absolute Gasteiger partial charge is 0.228 e. The van der Waals surface area contributed by atoms with Crippen molar-refractivity contribution in [2.45, 2.75) is 6.42 Å². The SMILES string of the molecule is COCCN(CCOC)C(=O)Cc1noc2ccccc12. The zero-order valence-electron chi connectivity index (χ0n) is 12.4. The second-order valence-corrected chi connectivity index (χ2v) is 4.67. The Morgan fingerprint density at radius 1 is 1.19 bits per heavy atom. The van der Waals surface area contributed by atoms with Gasteiger partial charge in [0.05, 0.1) is 19.6 Å². The van der Waals surface area contributed by atoms with Crippen molar-refractivity contribution in [3.05, 3.63) is 30.0 Å². The summed E-state index contributed by atoms with van der Waals surface area (Å²) in [5.41, 5.74) is 1.36. The van der Waals surface area contributed by atoms with E-state index >= 15 is 0 Å². The van der Waals surface area contributed by atoms with E-state index in [1.54, 1.807) is 19.1 Å². The molecule has 114 valence electrons. The van der Waals surface area contributed by atoms with Gasteiger partial charge < -0.3 is 18.9 Å². The second kappa shape index (κ2) is 7.75. The van der Waals surface area contributed by atoms with E-state index in [1.807, 2.05) is 24.3 Å². The van der Waals surface area contributed by atoms with Crippen LogP contribution in [0.1, 0.15) is 5.69 Å². The summed E-state index contributed by atoms with van der Waals surface area (Å²) in [6.07, 6.45) is 0.213. The standard InChI is InChI=1S/C15H20N2O4/c1-19-9-7-17(8-10-20-2)15(18)11-13-12-5-3-4-6-14(12)21-16-13/h3-6H,7-11H2,1-2H3. The number of carbonyl (C=O) groups is 1. The lowest BCUT2D eigenvalue weighted by Gasteiger charge is -2.21. The summed E-state index contributed by atoms with van der Waals surface area (Å²) in [7, 11) is 3.23. The van der Waals surface area contributed by atoms with Crippen molar-refractivity contribution in [1.82, 2.24) is 10.1 Å². The topological polar surface area (TPSA) is 64.8 Å². The molecule has 1 amide bonds. The highest BCUT2D eigenvalue weighted by molar-refractivity contribution is 5.86. The Labute approximate surface area is 123 Å². The van der Waals surface area contributed by atoms with Crippen molar-refractivity contribution >= 4 is 16.9 Å². The first kappa shape index (κ1) is 15.5. The maximum Gasteiger partial charge on any atom is 0.228 e. The van der Waals surface area contributed by atoms with Crippen LogP contribution < -0.4 is 0 Å². The van der Waals surface area contributed by atoms with Gasteiger partial charge in [-0.25, -0.2) is 0 Å². The lowest BCUT2D eigenvalue weighted by atomic mass is 10.1. The lowest BCUT2D eigenvalue weighted by Crippen LogP contribution is -2.37. The molecule has 0 bridgehead atoms. The third-order valence-electron chi connectivity index (χ3n) is 3.25. The number of fused-ring (bicyclic) bond motifs is 1. The molecular formula is C15H20N2O4. The molecule has 6 heteroatoms. The predicted molar refractivity (Wildman–Crippen MR) is 78.0 cm³/mol. The number of aromatic nitrogens is 1. The first-order valence-corrected chi connectivity index (χ1v) is 6.85. The number of benzene rings is 1. The minimum atomic E-state index is -0.0110. The Hall–Kier alpha value is -1.92. The fraction of sp³-hybridized carbons (Fsp3) is 0.467. The third kappa shape index (κ3) is 4.03. The van der Waals surface area contributed by atoms with E-state index in [4.69, 9.17) is 14.0 Å². The molecule has 0 saturated heterocycles. The number of methoxy groups -OCH3 is 2. The average Bonchev–Trinajstić information content (AvgIpc) is 2.91. The molecule has 0 fully saturated rings. The molecule has 1 aromatic heterocycles. The molecule has 0 N–H and O–H groups in total. The normalized spacial score (nSPS) is 11.0. The summed E-state index contributed by atoms with van der Waals surface area (Å²) in [6.45, 7) is 2.06. The van der Waals surface area contributed by atoms with Crippen LogP contribution in [0.25, 0.3) is 11.0 Å². The number of amides is 1. The van der Waals surface area contributed by atoms with E-state index < -0.39 is 0 Å². The number of hydrogen-bond acceptors (Lipinski definition) is 5. The van der Waals surface area contributed by atoms with E-state index in [9.17, 15) is 4.79 Å². The fourth-order valence-corrected chi connectivity index (χ4v) is 2.08. The summed E-state index contributed by atoms with van der Waals surface area (Å²) >= 11 is 0. The minimum Gasteiger partial charge on any atom is -0.383 e. The molecule has 1 heterocycles. The van der Waals surface area contributed by atoms with E-state index in [2.05, 4.69) is 5.16 Å². The van der Waals surface area contributed by atoms with Gasteiger partial charge in [0.15, 0.2) is 5.58 Å². The molecule has 21 heavy (non-hydrogen) atoms. The molecule has 2 aromatic rings. The van der Waals surface area contributed by atoms with Gasteiger partial charge in [-0.3, -0.25) is 4.79 Å². The van der Waals surface area contributed by atoms with Crippen LogP contribution in [-0.4, -0.2) is 56.5 Å². The number of carbonyl (C=O) groups excluding carboxylic acids is 1. The lowest BCUT2D eigenvalue weighted by molar-refractivity contribution is -0.131. The van der Waals surface area contributed by atoms with Crippen LogP contribution in [0.5, 0.6) is 0 Å². The Kier molecular flexibility index (Phi) is 5.71. The van der Waals surface area contributed by atoms with Crippen LogP contribution in [0.2, 0.25) is 0 Å². The van der Waals surface area contributed by atoms with Crippen molar-refractivity contribution in [3.8, 4) is 0 Å². The van der Waals surface area contributed by atoms with Crippen LogP contribution in [0.15, 0.2) is 28.8 Å². The van der Waals surface area contributed by atoms with Gasteiger partial charge in [-0.05, 0) is 12.1 Å². The van der Waals surface area contributed by atoms with Crippen LogP contribution in [0.3, 0.4) is 0 Å². The molecule has 0 spiro atoms. The highest BCUT2D eigenvalue weighted by atomic mass is 16.5. The first-order chi connectivity index (χ1) is 10.3. The highest BCUT2D eigenvalue weighted by Gasteiger charge is 2.17. The Bertz CT molecular complexity index is 574. The van der Waals surface area contributed by atoms with Crippen molar-refractivity contribution in [2.24, 2.45) is 0 Å². The molecule has 0 aliphatic heterocycles. The van der Waals surface area contributed by atoms with Crippen LogP contribution in [-0.2, 0) is 20.7 Å². The summed E-state index contributed by atoms with van der Waals surface area (Å²) in [5.74, 6) is -0.0110. The molecule has 0 radical (unpaired) electrons. The van der Waals surface area contributed by atoms with Crippen molar-refractivity contribution < 1.29 is 18.8 Å². The van der Waals surface area contributed by atoms with Crippen LogP contribution in [0, 0.1) is 0 Å². The minimum absolute atomic E-state index is 0.0110. The predicted octanol–water partition coefficient (Wildman–Crippen LogP) is 1.49. The summed E-state index contributed by atoms with van der Waals surface area (Å²) < 4.78 is 15.3. The summed E-state index contributed by atoms with van der Waals surface area (Å²) in [4.78, 5) is 14.1. The van der Waals surface area contributed by atoms with Crippen LogP contribution in [0.4, 0.5) is 0 Å². The largest absolute Gasteiger partial charge is 0.383 e. The van der Waals surface area contributed by atoms with Crippen molar-refractivity contribution in [1.29, 1.82) is 0 Å². The van der Waals surface area contributed by atoms with E-state index in [-0.39, 0.29) is 12.3 Å². The van der Waals surface area contributed by atoms with Gasteiger partial charge >= 0.3 is 0 Å². The maximum atomic E-state index is 12.4. The third-order valence-corrected chi connectivity index (χ3v) is 3.25. The summed E-state index contributed by atoms with van der Waals surface area (Å²) in [5, 5.41) is 4.87. The summed E-state index contributed by atoms with van der Waals surface area (Å²) in [6, 6.07) is 7.52. The monoisotopic (exact) mass is 292 g/mol. The fourth-order valence-electron chi connectivity index (χ4n) is 2.08. The van der Waals surface area contributed by atoms with Crippen molar-refractivity contribution in [2.75, 3.05) is 40.5 Å². The molecule has 1 aromatic carbocycles. The molecule has 0 atom stereocenters. The quantitative estimate of drug-likeness (QED) is 0.737. The molecule has 6 nitrogen and oxygen atoms in total. The molecular weight excluding hydrogens is 272 g/mol. The van der Waals surface area contributed by atoms with E-state index in [0.29, 0.717) is 37.6 Å². The van der Waals surface area contributed by atoms with E-state index in [1.165, 1.54) is 0 Å². The Morgan fingerprint density at radius 2 is 1.86 bits per heavy atom. The van der Waals surface area contributed by atoms with Gasteiger partial charge in [-0.1, -0.05) is 17.3 Å². The molecule has 2 rings (SSSR count). The number of para-hydroxylation sites is 1. The molecule has 0 saturated carbocycles. The molecule has 0 unspecified atom stereocenters. The van der Waals surface area contributed by atoms with Gasteiger partial charge in [0.1, 0.15) is 5.69 Å². The highest BCUT2D eigenvalue weighted by Crippen LogP contribution is 2.18. The number of nitrogens with zero attached hydrogens (tertiary/aromatic N) is 2. The number of hydrogen-bond donors (Lipinski definition) is 0. The van der Waals surface area contributed by atoms with Gasteiger partial charge in [0.2, 0.25) is 5.91 Å². The second-order valence-electron chi connectivity index (χ2n) is 4.67. The molecule has 0 aliphatic carbocycles. The zero-order valence-corrected chi connectivity index (χ0v) is 12.4. The zero-order chi connectivity index (χ0) is 15.1. The Balaban J connectivity index is 2.06. The number of ether oxygens (including phenoxy) is 2. The Morgan fingerprint density at radius 3 is 2.52 bits per heavy atom. The average molecular weight is 292 g/mol. The van der Waals surface area contributed by atoms with Gasteiger partial charge in [0.25, 0.3) is 0 Å². The number of rotatable bonds is 8. The van der Waals surface area contributed by atoms with Crippen molar-refractivity contribution in [3.63, 3.8) is 0 Å². The van der Waals surface area contributed by atoms with E-state index in [0.717, 1.165) is 5.39 Å². The first-order valence-electron chi connectivity index (χ1n) is 6.85. The van der Waals surface area contributed by atoms with Gasteiger partial charge in [0, 0.05) is 32.7 Å². The van der Waals surface area contributed by atoms with Crippen LogP contribution >= 0.6 is 0 Å². The molecule has 0 aliphatic rings.